The summed E-state index contributed by atoms with van der Waals surface area (Å²) >= 11 is 0. The molecule has 1 rings (SSSR count). The Morgan fingerprint density at radius 3 is 2.83 bits per heavy atom. The van der Waals surface area contributed by atoms with Crippen LogP contribution in [0.15, 0.2) is 23.5 Å². The van der Waals surface area contributed by atoms with Gasteiger partial charge in [0.05, 0.1) is 6.54 Å². The topological polar surface area (TPSA) is 45.5 Å². The van der Waals surface area contributed by atoms with Gasteiger partial charge in [0, 0.05) is 39.6 Å². The minimum Gasteiger partial charge on any atom is -0.354 e. The summed E-state index contributed by atoms with van der Waals surface area (Å²) in [6, 6.07) is 1.93. The predicted octanol–water partition coefficient (Wildman–Crippen LogP) is 1.81. The van der Waals surface area contributed by atoms with E-state index in [2.05, 4.69) is 34.3 Å². The normalized spacial score (nSPS) is 10.9. The standard InChI is InChI=1S/C12H23N5.HI/c1-4-5-9-16(3)12(13-2)14-8-11-17-10-6-7-15-17;/h6-7,10H,4-5,8-9,11H2,1-3H3,(H,13,14);1H. The zero-order chi connectivity index (χ0) is 12.5. The highest BCUT2D eigenvalue weighted by Crippen LogP contribution is 1.92. The average Bonchev–Trinajstić information content (AvgIpc) is 2.84. The van der Waals surface area contributed by atoms with Crippen LogP contribution in [0.3, 0.4) is 0 Å². The van der Waals surface area contributed by atoms with E-state index in [-0.39, 0.29) is 24.0 Å². The molecule has 1 heterocycles. The number of unbranched alkanes of at least 4 members (excludes halogenated alkanes) is 1. The Hall–Kier alpha value is -0.790. The molecule has 0 aliphatic heterocycles. The summed E-state index contributed by atoms with van der Waals surface area (Å²) in [7, 11) is 3.89. The number of hydrogen-bond acceptors (Lipinski definition) is 2. The number of nitrogens with one attached hydrogen (secondary N) is 1. The van der Waals surface area contributed by atoms with Crippen LogP contribution in [0.2, 0.25) is 0 Å². The van der Waals surface area contributed by atoms with Crippen LogP contribution in [0.1, 0.15) is 19.8 Å². The van der Waals surface area contributed by atoms with Crippen LogP contribution in [-0.2, 0) is 6.54 Å². The minimum atomic E-state index is 0. The van der Waals surface area contributed by atoms with Crippen molar-refractivity contribution in [1.82, 2.24) is 20.0 Å². The average molecular weight is 365 g/mol. The van der Waals surface area contributed by atoms with Crippen LogP contribution in [0.25, 0.3) is 0 Å². The molecule has 6 heteroatoms. The molecular weight excluding hydrogens is 341 g/mol. The van der Waals surface area contributed by atoms with Crippen molar-refractivity contribution in [3.8, 4) is 0 Å². The number of aromatic nitrogens is 2. The van der Waals surface area contributed by atoms with E-state index >= 15 is 0 Å². The maximum Gasteiger partial charge on any atom is 0.193 e. The fourth-order valence-corrected chi connectivity index (χ4v) is 1.60. The van der Waals surface area contributed by atoms with Crippen molar-refractivity contribution in [3.63, 3.8) is 0 Å². The van der Waals surface area contributed by atoms with Crippen LogP contribution < -0.4 is 5.32 Å². The highest BCUT2D eigenvalue weighted by Gasteiger charge is 2.03. The molecule has 0 fully saturated rings. The lowest BCUT2D eigenvalue weighted by Gasteiger charge is -2.21. The van der Waals surface area contributed by atoms with E-state index in [1.165, 1.54) is 12.8 Å². The van der Waals surface area contributed by atoms with E-state index < -0.39 is 0 Å². The van der Waals surface area contributed by atoms with Gasteiger partial charge in [-0.25, -0.2) is 0 Å². The second kappa shape index (κ2) is 10.2. The van der Waals surface area contributed by atoms with Gasteiger partial charge < -0.3 is 10.2 Å². The fourth-order valence-electron chi connectivity index (χ4n) is 1.60. The first-order chi connectivity index (χ1) is 8.27. The molecule has 0 spiro atoms. The van der Waals surface area contributed by atoms with Gasteiger partial charge in [0.2, 0.25) is 0 Å². The van der Waals surface area contributed by atoms with Crippen LogP contribution in [0.4, 0.5) is 0 Å². The van der Waals surface area contributed by atoms with Gasteiger partial charge in [0.25, 0.3) is 0 Å². The third-order valence-electron chi connectivity index (χ3n) is 2.60. The molecule has 0 aliphatic rings. The maximum absolute atomic E-state index is 4.26. The highest BCUT2D eigenvalue weighted by atomic mass is 127. The predicted molar refractivity (Wildman–Crippen MR) is 86.5 cm³/mol. The Kier molecular flexibility index (Phi) is 9.72. The van der Waals surface area contributed by atoms with Gasteiger partial charge in [-0.15, -0.1) is 24.0 Å². The SMILES string of the molecule is CCCCN(C)C(=NC)NCCn1cccn1.I. The summed E-state index contributed by atoms with van der Waals surface area (Å²) < 4.78 is 1.91. The monoisotopic (exact) mass is 365 g/mol. The van der Waals surface area contributed by atoms with Crippen LogP contribution in [-0.4, -0.2) is 47.8 Å². The van der Waals surface area contributed by atoms with Crippen molar-refractivity contribution in [1.29, 1.82) is 0 Å². The molecule has 1 aromatic heterocycles. The Bertz CT molecular complexity index is 323. The summed E-state index contributed by atoms with van der Waals surface area (Å²) in [5, 5.41) is 7.49. The van der Waals surface area contributed by atoms with E-state index in [4.69, 9.17) is 0 Å². The number of halogens is 1. The lowest BCUT2D eigenvalue weighted by atomic mass is 10.3. The minimum absolute atomic E-state index is 0. The Morgan fingerprint density at radius 2 is 2.28 bits per heavy atom. The highest BCUT2D eigenvalue weighted by molar-refractivity contribution is 14.0. The quantitative estimate of drug-likeness (QED) is 0.475. The molecule has 5 nitrogen and oxygen atoms in total. The molecule has 0 atom stereocenters. The van der Waals surface area contributed by atoms with Gasteiger partial charge in [0.1, 0.15) is 0 Å². The van der Waals surface area contributed by atoms with Crippen molar-refractivity contribution in [2.45, 2.75) is 26.3 Å². The van der Waals surface area contributed by atoms with E-state index in [1.807, 2.05) is 24.0 Å². The second-order valence-corrected chi connectivity index (χ2v) is 4.02. The Balaban J connectivity index is 0.00000289. The molecule has 0 unspecified atom stereocenters. The zero-order valence-electron chi connectivity index (χ0n) is 11.5. The van der Waals surface area contributed by atoms with Crippen molar-refractivity contribution in [2.75, 3.05) is 27.2 Å². The van der Waals surface area contributed by atoms with E-state index in [9.17, 15) is 0 Å². The van der Waals surface area contributed by atoms with Crippen LogP contribution in [0.5, 0.6) is 0 Å². The Labute approximate surface area is 127 Å². The summed E-state index contributed by atoms with van der Waals surface area (Å²) in [5.74, 6) is 0.950. The van der Waals surface area contributed by atoms with Gasteiger partial charge in [-0.05, 0) is 12.5 Å². The van der Waals surface area contributed by atoms with Crippen molar-refractivity contribution >= 4 is 29.9 Å². The zero-order valence-corrected chi connectivity index (χ0v) is 13.8. The van der Waals surface area contributed by atoms with Gasteiger partial charge in [0.15, 0.2) is 5.96 Å². The first kappa shape index (κ1) is 17.2. The molecule has 0 amide bonds. The summed E-state index contributed by atoms with van der Waals surface area (Å²) in [4.78, 5) is 6.42. The third-order valence-corrected chi connectivity index (χ3v) is 2.60. The lowest BCUT2D eigenvalue weighted by molar-refractivity contribution is 0.460. The van der Waals surface area contributed by atoms with Crippen molar-refractivity contribution in [2.24, 2.45) is 4.99 Å². The molecule has 1 aromatic rings. The van der Waals surface area contributed by atoms with Crippen LogP contribution in [0, 0.1) is 0 Å². The smallest absolute Gasteiger partial charge is 0.193 e. The van der Waals surface area contributed by atoms with E-state index in [0.717, 1.165) is 25.6 Å². The van der Waals surface area contributed by atoms with Gasteiger partial charge in [-0.3, -0.25) is 9.67 Å². The second-order valence-electron chi connectivity index (χ2n) is 4.02. The summed E-state index contributed by atoms with van der Waals surface area (Å²) in [6.45, 7) is 4.93. The van der Waals surface area contributed by atoms with Gasteiger partial charge in [-0.1, -0.05) is 13.3 Å². The number of hydrogen-bond donors (Lipinski definition) is 1. The molecule has 0 radical (unpaired) electrons. The van der Waals surface area contributed by atoms with Gasteiger partial charge >= 0.3 is 0 Å². The summed E-state index contributed by atoms with van der Waals surface area (Å²) in [5.41, 5.74) is 0. The molecule has 104 valence electrons. The van der Waals surface area contributed by atoms with E-state index in [1.54, 1.807) is 6.20 Å². The molecular formula is C12H24IN5. The maximum atomic E-state index is 4.26. The molecule has 0 aliphatic carbocycles. The number of rotatable bonds is 6. The molecule has 0 bridgehead atoms. The van der Waals surface area contributed by atoms with Crippen molar-refractivity contribution in [3.05, 3.63) is 18.5 Å². The largest absolute Gasteiger partial charge is 0.354 e. The number of nitrogens with zero attached hydrogens (tertiary/aromatic N) is 4. The first-order valence-corrected chi connectivity index (χ1v) is 6.17. The fraction of sp³-hybridized carbons (Fsp3) is 0.667. The number of guanidine groups is 1. The lowest BCUT2D eigenvalue weighted by Crippen LogP contribution is -2.40. The molecule has 18 heavy (non-hydrogen) atoms. The van der Waals surface area contributed by atoms with Crippen molar-refractivity contribution < 1.29 is 0 Å². The molecule has 0 aromatic carbocycles. The third kappa shape index (κ3) is 6.23. The first-order valence-electron chi connectivity index (χ1n) is 6.17. The molecule has 0 saturated carbocycles. The molecule has 1 N–H and O–H groups in total. The van der Waals surface area contributed by atoms with Crippen LogP contribution >= 0.6 is 24.0 Å². The Morgan fingerprint density at radius 1 is 1.50 bits per heavy atom. The summed E-state index contributed by atoms with van der Waals surface area (Å²) in [6.07, 6.45) is 6.15. The van der Waals surface area contributed by atoms with E-state index in [0.29, 0.717) is 0 Å². The van der Waals surface area contributed by atoms with Gasteiger partial charge in [-0.2, -0.15) is 5.10 Å². The molecule has 0 saturated heterocycles. The number of aliphatic imine (C=N–C) groups is 1.